The van der Waals surface area contributed by atoms with E-state index >= 15 is 0 Å². The lowest BCUT2D eigenvalue weighted by atomic mass is 10.2. The molecule has 1 fully saturated rings. The van der Waals surface area contributed by atoms with Crippen LogP contribution >= 0.6 is 22.6 Å². The van der Waals surface area contributed by atoms with Crippen LogP contribution in [0.1, 0.15) is 18.2 Å². The van der Waals surface area contributed by atoms with Crippen LogP contribution in [-0.4, -0.2) is 41.9 Å². The minimum Gasteiger partial charge on any atom is -0.390 e. The fraction of sp³-hybridized carbons (Fsp3) is 0.375. The van der Waals surface area contributed by atoms with Gasteiger partial charge in [-0.1, -0.05) is 17.7 Å². The lowest BCUT2D eigenvalue weighted by Crippen LogP contribution is -2.29. The highest BCUT2D eigenvalue weighted by atomic mass is 127. The van der Waals surface area contributed by atoms with E-state index in [9.17, 15) is 18.3 Å². The second-order valence-corrected chi connectivity index (χ2v) is 8.93. The van der Waals surface area contributed by atoms with Crippen molar-refractivity contribution in [3.63, 3.8) is 0 Å². The van der Waals surface area contributed by atoms with E-state index in [0.717, 1.165) is 5.56 Å². The number of nitrogens with zero attached hydrogens (tertiary/aromatic N) is 2. The standard InChI is InChI=1S/C16H18IN3O6S/c1-9-2-4-10(5-3-9)27(23,24)25-8-13-12(21)6-14(26-13)20-7-11(17)15(18)19-16(20)22/h2-5,7,12-14,21H,6,8H2,1H3,(H2,18,19,22)/t12-,13+,14+/m0/s1. The first-order valence-electron chi connectivity index (χ1n) is 8.01. The van der Waals surface area contributed by atoms with Crippen LogP contribution in [-0.2, 0) is 19.0 Å². The number of nitrogens with two attached hydrogens (primary N) is 1. The van der Waals surface area contributed by atoms with Crippen LogP contribution in [0.15, 0.2) is 40.2 Å². The molecule has 3 atom stereocenters. The van der Waals surface area contributed by atoms with Crippen molar-refractivity contribution in [3.05, 3.63) is 50.1 Å². The third kappa shape index (κ3) is 4.48. The topological polar surface area (TPSA) is 134 Å². The maximum absolute atomic E-state index is 12.3. The van der Waals surface area contributed by atoms with Crippen molar-refractivity contribution in [3.8, 4) is 0 Å². The summed E-state index contributed by atoms with van der Waals surface area (Å²) in [6.07, 6.45) is -1.11. The van der Waals surface area contributed by atoms with Crippen LogP contribution in [0.25, 0.3) is 0 Å². The first kappa shape index (κ1) is 20.2. The van der Waals surface area contributed by atoms with E-state index in [1.807, 2.05) is 29.5 Å². The van der Waals surface area contributed by atoms with Crippen molar-refractivity contribution in [2.24, 2.45) is 0 Å². The van der Waals surface area contributed by atoms with Crippen LogP contribution < -0.4 is 11.4 Å². The second kappa shape index (κ2) is 7.83. The number of hydrogen-bond donors (Lipinski definition) is 2. The zero-order valence-corrected chi connectivity index (χ0v) is 17.3. The monoisotopic (exact) mass is 507 g/mol. The Morgan fingerprint density at radius 1 is 1.41 bits per heavy atom. The van der Waals surface area contributed by atoms with Gasteiger partial charge < -0.3 is 15.6 Å². The van der Waals surface area contributed by atoms with Crippen molar-refractivity contribution < 1.29 is 22.4 Å². The first-order chi connectivity index (χ1) is 12.7. The number of rotatable bonds is 5. The molecule has 0 saturated carbocycles. The summed E-state index contributed by atoms with van der Waals surface area (Å²) in [5.41, 5.74) is 5.90. The first-order valence-corrected chi connectivity index (χ1v) is 10.5. The third-order valence-electron chi connectivity index (χ3n) is 4.15. The van der Waals surface area contributed by atoms with Gasteiger partial charge in [0, 0.05) is 12.6 Å². The van der Waals surface area contributed by atoms with Crippen LogP contribution in [0.2, 0.25) is 0 Å². The Morgan fingerprint density at radius 3 is 2.74 bits per heavy atom. The maximum atomic E-state index is 12.3. The van der Waals surface area contributed by atoms with Gasteiger partial charge in [0.25, 0.3) is 10.1 Å². The molecule has 1 aliphatic heterocycles. The molecular weight excluding hydrogens is 489 g/mol. The van der Waals surface area contributed by atoms with Crippen molar-refractivity contribution in [2.75, 3.05) is 12.3 Å². The number of hydrogen-bond acceptors (Lipinski definition) is 8. The lowest BCUT2D eigenvalue weighted by Gasteiger charge is -2.16. The quantitative estimate of drug-likeness (QED) is 0.449. The zero-order valence-electron chi connectivity index (χ0n) is 14.3. The highest BCUT2D eigenvalue weighted by Gasteiger charge is 2.37. The Balaban J connectivity index is 1.70. The van der Waals surface area contributed by atoms with E-state index in [2.05, 4.69) is 4.98 Å². The predicted molar refractivity (Wildman–Crippen MR) is 104 cm³/mol. The summed E-state index contributed by atoms with van der Waals surface area (Å²) < 4.78 is 36.9. The van der Waals surface area contributed by atoms with Crippen LogP contribution in [0, 0.1) is 10.5 Å². The summed E-state index contributed by atoms with van der Waals surface area (Å²) in [7, 11) is -3.98. The summed E-state index contributed by atoms with van der Waals surface area (Å²) in [5, 5.41) is 10.2. The minimum atomic E-state index is -3.98. The summed E-state index contributed by atoms with van der Waals surface area (Å²) in [4.78, 5) is 15.7. The summed E-state index contributed by atoms with van der Waals surface area (Å²) in [6.45, 7) is 1.47. The second-order valence-electron chi connectivity index (χ2n) is 6.15. The Morgan fingerprint density at radius 2 is 2.07 bits per heavy atom. The van der Waals surface area contributed by atoms with Crippen molar-refractivity contribution >= 4 is 38.5 Å². The zero-order chi connectivity index (χ0) is 19.8. The number of aliphatic hydroxyl groups excluding tert-OH is 1. The highest BCUT2D eigenvalue weighted by molar-refractivity contribution is 14.1. The molecule has 0 spiro atoms. The Kier molecular flexibility index (Phi) is 5.86. The van der Waals surface area contributed by atoms with Crippen LogP contribution in [0.5, 0.6) is 0 Å². The predicted octanol–water partition coefficient (Wildman–Crippen LogP) is 0.792. The summed E-state index contributed by atoms with van der Waals surface area (Å²) in [6, 6.07) is 6.21. The number of ether oxygens (including phenoxy) is 1. The molecule has 146 valence electrons. The van der Waals surface area contributed by atoms with Crippen LogP contribution in [0.4, 0.5) is 5.82 Å². The van der Waals surface area contributed by atoms with Gasteiger partial charge in [0.05, 0.1) is 21.2 Å². The van der Waals surface area contributed by atoms with Gasteiger partial charge in [-0.15, -0.1) is 0 Å². The number of halogens is 1. The minimum absolute atomic E-state index is 0.0191. The van der Waals surface area contributed by atoms with Gasteiger partial charge >= 0.3 is 5.69 Å². The molecule has 0 bridgehead atoms. The molecule has 11 heteroatoms. The van der Waals surface area contributed by atoms with Crippen molar-refractivity contribution in [1.29, 1.82) is 0 Å². The molecule has 1 aromatic heterocycles. The van der Waals surface area contributed by atoms with Gasteiger partial charge in [-0.05, 0) is 41.6 Å². The van der Waals surface area contributed by atoms with Gasteiger partial charge in [0.1, 0.15) is 18.1 Å². The molecular formula is C16H18IN3O6S. The molecule has 2 aromatic rings. The number of aromatic nitrogens is 2. The molecule has 0 radical (unpaired) electrons. The van der Waals surface area contributed by atoms with Gasteiger partial charge in [-0.3, -0.25) is 8.75 Å². The average Bonchev–Trinajstić information content (AvgIpc) is 2.97. The third-order valence-corrected chi connectivity index (χ3v) is 6.27. The Bertz CT molecular complexity index is 992. The normalized spacial score (nSPS) is 22.9. The number of aryl methyl sites for hydroxylation is 1. The molecule has 3 N–H and O–H groups in total. The van der Waals surface area contributed by atoms with Gasteiger partial charge in [0.2, 0.25) is 0 Å². The SMILES string of the molecule is Cc1ccc(S(=O)(=O)OC[C@H]2O[C@@H](n3cc(I)c(N)nc3=O)C[C@@H]2O)cc1. The maximum Gasteiger partial charge on any atom is 0.351 e. The van der Waals surface area contributed by atoms with E-state index in [-0.39, 0.29) is 23.7 Å². The van der Waals surface area contributed by atoms with Crippen molar-refractivity contribution in [1.82, 2.24) is 9.55 Å². The largest absolute Gasteiger partial charge is 0.390 e. The van der Waals surface area contributed by atoms with E-state index in [0.29, 0.717) is 3.57 Å². The van der Waals surface area contributed by atoms with E-state index in [1.165, 1.54) is 22.9 Å². The molecule has 0 aliphatic carbocycles. The molecule has 1 aliphatic rings. The molecule has 0 unspecified atom stereocenters. The smallest absolute Gasteiger partial charge is 0.351 e. The molecule has 27 heavy (non-hydrogen) atoms. The van der Waals surface area contributed by atoms with E-state index in [1.54, 1.807) is 12.1 Å². The van der Waals surface area contributed by atoms with Gasteiger partial charge in [-0.25, -0.2) is 4.79 Å². The molecule has 1 saturated heterocycles. The lowest BCUT2D eigenvalue weighted by molar-refractivity contribution is -0.0399. The summed E-state index contributed by atoms with van der Waals surface area (Å²) >= 11 is 1.93. The molecule has 1 aromatic carbocycles. The molecule has 9 nitrogen and oxygen atoms in total. The van der Waals surface area contributed by atoms with Crippen molar-refractivity contribution in [2.45, 2.75) is 36.7 Å². The molecule has 3 rings (SSSR count). The number of benzene rings is 1. The van der Waals surface area contributed by atoms with E-state index in [4.69, 9.17) is 14.7 Å². The number of anilines is 1. The Labute approximate surface area is 169 Å². The number of aliphatic hydroxyl groups is 1. The van der Waals surface area contributed by atoms with Gasteiger partial charge in [-0.2, -0.15) is 13.4 Å². The fourth-order valence-corrected chi connectivity index (χ4v) is 3.97. The summed E-state index contributed by atoms with van der Waals surface area (Å²) in [5.74, 6) is 0.111. The van der Waals surface area contributed by atoms with Gasteiger partial charge in [0.15, 0.2) is 0 Å². The fourth-order valence-electron chi connectivity index (χ4n) is 2.63. The highest BCUT2D eigenvalue weighted by Crippen LogP contribution is 2.29. The average molecular weight is 507 g/mol. The van der Waals surface area contributed by atoms with E-state index < -0.39 is 34.2 Å². The number of nitrogen functional groups attached to an aromatic ring is 1. The van der Waals surface area contributed by atoms with Crippen LogP contribution in [0.3, 0.4) is 0 Å². The molecule has 0 amide bonds. The molecule has 2 heterocycles. The Hall–Kier alpha value is -1.54.